The van der Waals surface area contributed by atoms with Gasteiger partial charge in [-0.2, -0.15) is 5.10 Å². The van der Waals surface area contributed by atoms with Crippen molar-refractivity contribution in [3.8, 4) is 22.6 Å². The minimum Gasteiger partial charge on any atom is -0.505 e. The number of para-hydroxylation sites is 1. The molecule has 4 rings (SSSR count). The number of aromatic nitrogens is 3. The second kappa shape index (κ2) is 4.59. The number of nitrogens with zero attached hydrogens (tertiary/aromatic N) is 2. The Hall–Kier alpha value is -2.36. The van der Waals surface area contributed by atoms with E-state index in [4.69, 9.17) is 0 Å². The Kier molecular flexibility index (Phi) is 2.91. The van der Waals surface area contributed by atoms with Gasteiger partial charge in [0.1, 0.15) is 5.75 Å². The van der Waals surface area contributed by atoms with E-state index in [1.165, 1.54) is 5.56 Å². The van der Waals surface area contributed by atoms with Gasteiger partial charge >= 0.3 is 0 Å². The van der Waals surface area contributed by atoms with Crippen LogP contribution < -0.4 is 5.10 Å². The van der Waals surface area contributed by atoms with Crippen molar-refractivity contribution >= 4 is 11.0 Å². The van der Waals surface area contributed by atoms with E-state index in [1.807, 2.05) is 12.1 Å². The molecule has 2 N–H and O–H groups in total. The summed E-state index contributed by atoms with van der Waals surface area (Å²) >= 11 is 0. The van der Waals surface area contributed by atoms with Crippen molar-refractivity contribution in [1.82, 2.24) is 9.90 Å². The van der Waals surface area contributed by atoms with Crippen LogP contribution in [0, 0.1) is 5.41 Å². The third kappa shape index (κ3) is 2.20. The van der Waals surface area contributed by atoms with Crippen molar-refractivity contribution in [3.63, 3.8) is 0 Å². The first-order chi connectivity index (χ1) is 11.2. The summed E-state index contributed by atoms with van der Waals surface area (Å²) in [4.78, 5) is 1.71. The van der Waals surface area contributed by atoms with Crippen LogP contribution in [-0.2, 0) is 5.41 Å². The Morgan fingerprint density at radius 3 is 2.58 bits per heavy atom. The highest BCUT2D eigenvalue weighted by atomic mass is 16.3. The summed E-state index contributed by atoms with van der Waals surface area (Å²) in [5.41, 5.74) is 6.38. The van der Waals surface area contributed by atoms with E-state index in [2.05, 4.69) is 56.9 Å². The largest absolute Gasteiger partial charge is 0.505 e. The van der Waals surface area contributed by atoms with E-state index < -0.39 is 0 Å². The molecule has 2 aromatic carbocycles. The molecular weight excluding hydrogens is 298 g/mol. The summed E-state index contributed by atoms with van der Waals surface area (Å²) < 4.78 is 0. The number of rotatable bonds is 2. The minimum absolute atomic E-state index is 0.0190. The number of benzene rings is 2. The Balaban J connectivity index is 1.99. The van der Waals surface area contributed by atoms with Crippen LogP contribution >= 0.6 is 0 Å². The fourth-order valence-corrected chi connectivity index (χ4v) is 4.26. The number of aromatic amines is 1. The molecule has 1 aromatic heterocycles. The molecule has 1 aliphatic rings. The summed E-state index contributed by atoms with van der Waals surface area (Å²) in [5.74, 6) is 0.239. The first kappa shape index (κ1) is 15.2. The number of hydrogen-bond acceptors (Lipinski definition) is 2. The lowest BCUT2D eigenvalue weighted by Gasteiger charge is -2.32. The molecule has 24 heavy (non-hydrogen) atoms. The molecule has 0 atom stereocenters. The van der Waals surface area contributed by atoms with Gasteiger partial charge in [0.2, 0.25) is 11.0 Å². The van der Waals surface area contributed by atoms with Gasteiger partial charge in [-0.1, -0.05) is 46.8 Å². The summed E-state index contributed by atoms with van der Waals surface area (Å²) in [5, 5.41) is 18.4. The molecule has 0 aliphatic carbocycles. The lowest BCUT2D eigenvalue weighted by Crippen LogP contribution is -2.28. The lowest BCUT2D eigenvalue weighted by molar-refractivity contribution is -0.455. The maximum absolute atomic E-state index is 10.3. The van der Waals surface area contributed by atoms with E-state index in [1.54, 1.807) is 10.9 Å². The van der Waals surface area contributed by atoms with Crippen molar-refractivity contribution in [3.05, 3.63) is 35.9 Å². The predicted molar refractivity (Wildman–Crippen MR) is 95.4 cm³/mol. The highest BCUT2D eigenvalue weighted by Gasteiger charge is 2.35. The van der Waals surface area contributed by atoms with Crippen LogP contribution in [0.4, 0.5) is 0 Å². The average molecular weight is 322 g/mol. The monoisotopic (exact) mass is 322 g/mol. The van der Waals surface area contributed by atoms with Gasteiger partial charge in [0.15, 0.2) is 5.69 Å². The average Bonchev–Trinajstić information content (AvgIpc) is 2.79. The molecule has 0 radical (unpaired) electrons. The van der Waals surface area contributed by atoms with E-state index in [-0.39, 0.29) is 16.6 Å². The van der Waals surface area contributed by atoms with Crippen LogP contribution in [0.15, 0.2) is 30.3 Å². The van der Waals surface area contributed by atoms with E-state index in [9.17, 15) is 5.11 Å². The molecule has 4 nitrogen and oxygen atoms in total. The molecule has 1 aliphatic heterocycles. The second-order valence-electron chi connectivity index (χ2n) is 8.74. The topological polar surface area (TPSA) is 52.2 Å². The zero-order valence-corrected chi connectivity index (χ0v) is 14.9. The SMILES string of the molecule is CC(C)(C)CC(C)(C)c1cc2cc3nn([nH+]c13)-c1c(O)cccc1-2. The number of aromatic hydroxyl groups is 1. The third-order valence-corrected chi connectivity index (χ3v) is 4.78. The number of nitrogens with one attached hydrogen (secondary N) is 1. The highest BCUT2D eigenvalue weighted by Crippen LogP contribution is 2.43. The Morgan fingerprint density at radius 2 is 1.88 bits per heavy atom. The summed E-state index contributed by atoms with van der Waals surface area (Å²) in [6, 6.07) is 9.98. The number of phenolic OH excluding ortho intramolecular Hbond substituents is 1. The molecule has 0 fully saturated rings. The van der Waals surface area contributed by atoms with Crippen molar-refractivity contribution in [2.45, 2.75) is 46.5 Å². The van der Waals surface area contributed by atoms with Gasteiger partial charge in [-0.3, -0.25) is 0 Å². The van der Waals surface area contributed by atoms with Crippen LogP contribution in [0.25, 0.3) is 27.8 Å². The molecule has 0 unspecified atom stereocenters. The van der Waals surface area contributed by atoms with Crippen LogP contribution in [0.2, 0.25) is 0 Å². The first-order valence-electron chi connectivity index (χ1n) is 8.45. The first-order valence-corrected chi connectivity index (χ1v) is 8.45. The fourth-order valence-electron chi connectivity index (χ4n) is 4.26. The Bertz CT molecular complexity index is 961. The fraction of sp³-hybridized carbons (Fsp3) is 0.400. The smallest absolute Gasteiger partial charge is 0.250 e. The Morgan fingerprint density at radius 1 is 1.12 bits per heavy atom. The number of fused-ring (bicyclic) bond motifs is 5. The van der Waals surface area contributed by atoms with Crippen LogP contribution in [0.5, 0.6) is 5.75 Å². The van der Waals surface area contributed by atoms with E-state index >= 15 is 0 Å². The quantitative estimate of drug-likeness (QED) is 0.600. The summed E-state index contributed by atoms with van der Waals surface area (Å²) in [7, 11) is 0. The predicted octanol–water partition coefficient (Wildman–Crippen LogP) is 4.24. The summed E-state index contributed by atoms with van der Waals surface area (Å²) in [6.45, 7) is 11.4. The van der Waals surface area contributed by atoms with Gasteiger partial charge in [0.25, 0.3) is 0 Å². The molecule has 0 saturated heterocycles. The molecule has 124 valence electrons. The number of phenols is 1. The van der Waals surface area contributed by atoms with Gasteiger partial charge in [-0.05, 0) is 39.7 Å². The lowest BCUT2D eigenvalue weighted by atomic mass is 9.71. The zero-order chi connectivity index (χ0) is 17.3. The van der Waals surface area contributed by atoms with E-state index in [0.717, 1.165) is 34.3 Å². The molecular formula is C20H24N3O+. The van der Waals surface area contributed by atoms with Crippen LogP contribution in [0.1, 0.15) is 46.6 Å². The van der Waals surface area contributed by atoms with Crippen molar-refractivity contribution in [1.29, 1.82) is 0 Å². The highest BCUT2D eigenvalue weighted by molar-refractivity contribution is 5.88. The van der Waals surface area contributed by atoms with Gasteiger partial charge in [0, 0.05) is 17.2 Å². The van der Waals surface area contributed by atoms with Gasteiger partial charge in [-0.15, -0.1) is 0 Å². The normalized spacial score (nSPS) is 13.5. The second-order valence-corrected chi connectivity index (χ2v) is 8.74. The Labute approximate surface area is 142 Å². The minimum atomic E-state index is 0.0190. The maximum Gasteiger partial charge on any atom is 0.250 e. The molecule has 0 amide bonds. The summed E-state index contributed by atoms with van der Waals surface area (Å²) in [6.07, 6.45) is 1.07. The third-order valence-electron chi connectivity index (χ3n) is 4.78. The molecule has 3 bridgehead atoms. The molecule has 0 saturated carbocycles. The van der Waals surface area contributed by atoms with Crippen LogP contribution in [0.3, 0.4) is 0 Å². The molecule has 0 spiro atoms. The van der Waals surface area contributed by atoms with Gasteiger partial charge in [-0.25, -0.2) is 0 Å². The van der Waals surface area contributed by atoms with Gasteiger partial charge < -0.3 is 5.11 Å². The standard InChI is InChI=1S/C20H23N3O/c1-19(2,3)11-20(4,5)14-9-12-10-15-17(14)22-23(21-15)18-13(12)7-6-8-16(18)24/h6-10,24H,11H2,1-5H3/p+1. The van der Waals surface area contributed by atoms with Crippen molar-refractivity contribution in [2.75, 3.05) is 0 Å². The van der Waals surface area contributed by atoms with E-state index in [0.29, 0.717) is 0 Å². The molecule has 4 heteroatoms. The number of H-pyrrole nitrogens is 1. The molecule has 3 aromatic rings. The van der Waals surface area contributed by atoms with Gasteiger partial charge in [0.05, 0.1) is 5.10 Å². The van der Waals surface area contributed by atoms with Crippen molar-refractivity contribution < 1.29 is 10.2 Å². The van der Waals surface area contributed by atoms with Crippen LogP contribution in [-0.4, -0.2) is 15.0 Å². The van der Waals surface area contributed by atoms with Crippen molar-refractivity contribution in [2.24, 2.45) is 5.41 Å². The zero-order valence-electron chi connectivity index (χ0n) is 14.9. The maximum atomic E-state index is 10.3. The number of hydrogen-bond donors (Lipinski definition) is 1. The molecule has 2 heterocycles.